The summed E-state index contributed by atoms with van der Waals surface area (Å²) in [6.07, 6.45) is 0. The van der Waals surface area contributed by atoms with Crippen LogP contribution in [0.25, 0.3) is 0 Å². The van der Waals surface area contributed by atoms with E-state index >= 15 is 0 Å². The van der Waals surface area contributed by atoms with Gasteiger partial charge in [0.15, 0.2) is 0 Å². The van der Waals surface area contributed by atoms with Crippen molar-refractivity contribution in [1.29, 1.82) is 0 Å². The van der Waals surface area contributed by atoms with Crippen molar-refractivity contribution in [1.82, 2.24) is 0 Å². The average Bonchev–Trinajstić information content (AvgIpc) is 0. The largest absolute Gasteiger partial charge is 2.00 e. The Morgan fingerprint density at radius 2 is 0.500 bits per heavy atom. The van der Waals surface area contributed by atoms with Gasteiger partial charge in [-0.3, -0.25) is 0 Å². The Kier molecular flexibility index (Phi) is 3110. The molecule has 4 nitrogen and oxygen atoms in total. The maximum atomic E-state index is 0. The summed E-state index contributed by atoms with van der Waals surface area (Å²) in [5, 5.41) is 0. The molecule has 0 saturated heterocycles. The average molecular weight is 326 g/mol. The molecule has 0 bridgehead atoms. The Morgan fingerprint density at radius 3 is 0.500 bits per heavy atom. The molecule has 0 fully saturated rings. The van der Waals surface area contributed by atoms with Gasteiger partial charge in [0.2, 0.25) is 0 Å². The molecule has 0 spiro atoms. The third-order valence-electron chi connectivity index (χ3n) is 0. The fourth-order valence-electron chi connectivity index (χ4n) is 0. The first-order valence-electron chi connectivity index (χ1n) is 0. The molecule has 5 radical (unpaired) electrons. The van der Waals surface area contributed by atoms with Crippen molar-refractivity contribution < 1.29 is 39.0 Å². The van der Waals surface area contributed by atoms with E-state index in [0.717, 1.165) is 0 Å². The second-order valence-corrected chi connectivity index (χ2v) is 0. The van der Waals surface area contributed by atoms with Crippen molar-refractivity contribution in [3.8, 4) is 0 Å². The Hall–Kier alpha value is 1.28. The molecular weight excluding hydrogens is 326 g/mol. The monoisotopic (exact) mass is 327 g/mol. The minimum atomic E-state index is 0. The Morgan fingerprint density at radius 1 is 0.500 bits per heavy atom. The molecule has 43 valence electrons. The van der Waals surface area contributed by atoms with Crippen LogP contribution < -0.4 is 0 Å². The van der Waals surface area contributed by atoms with Gasteiger partial charge in [-0.15, -0.1) is 0 Å². The normalized spacial score (nSPS) is 0. The van der Waals surface area contributed by atoms with Crippen LogP contribution in [0.15, 0.2) is 0 Å². The van der Waals surface area contributed by atoms with Crippen LogP contribution >= 0.6 is 0 Å². The number of hydrogen-bond donors (Lipinski definition) is 0. The second-order valence-electron chi connectivity index (χ2n) is 0. The fraction of sp³-hybridized carbons (Fsp3) is 0. The zero-order chi connectivity index (χ0) is 0. The van der Waals surface area contributed by atoms with E-state index < -0.39 is 0 Å². The van der Waals surface area contributed by atoms with Crippen molar-refractivity contribution in [2.75, 3.05) is 0 Å². The van der Waals surface area contributed by atoms with Gasteiger partial charge in [-0.25, -0.2) is 0 Å². The van der Waals surface area contributed by atoms with Crippen LogP contribution in [0.5, 0.6) is 0 Å². The molecule has 0 rings (SSSR count). The van der Waals surface area contributed by atoms with Crippen LogP contribution in [0.2, 0.25) is 0 Å². The molecule has 0 atom stereocenters. The Labute approximate surface area is 66.2 Å². The number of hydrogen-bond acceptors (Lipinski definition) is 0. The predicted octanol–water partition coefficient (Wildman–Crippen LogP) is -0.859. The summed E-state index contributed by atoms with van der Waals surface area (Å²) in [5.74, 6) is 0. The zero-order valence-electron chi connectivity index (χ0n) is 2.51. The Bertz CT molecular complexity index is 7.51. The van der Waals surface area contributed by atoms with Gasteiger partial charge in [-0.05, 0) is 0 Å². The third-order valence-corrected chi connectivity index (χ3v) is 0. The van der Waals surface area contributed by atoms with Gasteiger partial charge in [0, 0.05) is 44.4 Å². The van der Waals surface area contributed by atoms with Crippen molar-refractivity contribution in [2.24, 2.45) is 0 Å². The standard InChI is InChI=1S/Mn.4O.Pb/q;4*-2;. The SMILES string of the molecule is [Mn].[O-2].[O-2].[O-2].[O-2].[Pb]. The molecule has 0 aromatic heterocycles. The molecule has 0 heterocycles. The topological polar surface area (TPSA) is 114 Å². The van der Waals surface area contributed by atoms with Gasteiger partial charge >= 0.3 is 0 Å². The first-order chi connectivity index (χ1) is 0. The quantitative estimate of drug-likeness (QED) is 0.516. The zero-order valence-corrected chi connectivity index (χ0v) is 7.58. The summed E-state index contributed by atoms with van der Waals surface area (Å²) in [6.45, 7) is 0. The third kappa shape index (κ3) is 59.0. The Balaban J connectivity index is 0. The maximum absolute atomic E-state index is 0. The predicted molar refractivity (Wildman–Crippen MR) is 8.50 cm³/mol. The van der Waals surface area contributed by atoms with Crippen LogP contribution in [-0.2, 0) is 39.0 Å². The second kappa shape index (κ2) is 107. The maximum Gasteiger partial charge on any atom is 0 e. The fourth-order valence-corrected chi connectivity index (χ4v) is 0. The van der Waals surface area contributed by atoms with Crippen LogP contribution in [0.1, 0.15) is 0 Å². The van der Waals surface area contributed by atoms with Gasteiger partial charge in [-0.1, -0.05) is 0 Å². The first kappa shape index (κ1) is 175. The van der Waals surface area contributed by atoms with Gasteiger partial charge in [0.05, 0.1) is 0 Å². The van der Waals surface area contributed by atoms with Crippen molar-refractivity contribution in [2.45, 2.75) is 0 Å². The van der Waals surface area contributed by atoms with E-state index in [2.05, 4.69) is 0 Å². The summed E-state index contributed by atoms with van der Waals surface area (Å²) < 4.78 is 0. The molecule has 0 amide bonds. The van der Waals surface area contributed by atoms with E-state index in [-0.39, 0.29) is 66.3 Å². The van der Waals surface area contributed by atoms with Crippen molar-refractivity contribution in [3.05, 3.63) is 0 Å². The van der Waals surface area contributed by atoms with E-state index in [9.17, 15) is 0 Å². The minimum absolute atomic E-state index is 0. The molecule has 0 saturated carbocycles. The minimum Gasteiger partial charge on any atom is -2.00 e. The molecule has 0 unspecified atom stereocenters. The summed E-state index contributed by atoms with van der Waals surface area (Å²) in [6, 6.07) is 0. The molecule has 6 heteroatoms. The van der Waals surface area contributed by atoms with Crippen molar-refractivity contribution in [3.63, 3.8) is 0 Å². The van der Waals surface area contributed by atoms with Crippen LogP contribution in [0.3, 0.4) is 0 Å². The summed E-state index contributed by atoms with van der Waals surface area (Å²) in [4.78, 5) is 0. The molecule has 6 heavy (non-hydrogen) atoms. The summed E-state index contributed by atoms with van der Waals surface area (Å²) >= 11 is 0. The summed E-state index contributed by atoms with van der Waals surface area (Å²) in [7, 11) is 0. The molecule has 0 aromatic rings. The smallest absolute Gasteiger partial charge is 0 e. The van der Waals surface area contributed by atoms with Gasteiger partial charge in [0.1, 0.15) is 0 Å². The summed E-state index contributed by atoms with van der Waals surface area (Å²) in [5.41, 5.74) is 0. The molecule has 0 N–H and O–H groups in total. The van der Waals surface area contributed by atoms with Crippen molar-refractivity contribution >= 4 is 27.3 Å². The van der Waals surface area contributed by atoms with Crippen LogP contribution in [0, 0.1) is 0 Å². The molecular formula is MnO4Pb-8. The van der Waals surface area contributed by atoms with Gasteiger partial charge in [-0.2, -0.15) is 0 Å². The van der Waals surface area contributed by atoms with E-state index in [1.165, 1.54) is 0 Å². The van der Waals surface area contributed by atoms with Crippen LogP contribution in [0.4, 0.5) is 0 Å². The molecule has 0 aliphatic heterocycles. The van der Waals surface area contributed by atoms with E-state index in [4.69, 9.17) is 0 Å². The number of rotatable bonds is 0. The van der Waals surface area contributed by atoms with E-state index in [1.54, 1.807) is 0 Å². The molecule has 0 aromatic carbocycles. The van der Waals surface area contributed by atoms with Gasteiger partial charge in [0.25, 0.3) is 0 Å². The first-order valence-corrected chi connectivity index (χ1v) is 0. The van der Waals surface area contributed by atoms with E-state index in [0.29, 0.717) is 0 Å². The van der Waals surface area contributed by atoms with Gasteiger partial charge < -0.3 is 21.9 Å². The molecule has 0 aliphatic carbocycles. The van der Waals surface area contributed by atoms with E-state index in [1.807, 2.05) is 0 Å². The van der Waals surface area contributed by atoms with Crippen LogP contribution in [-0.4, -0.2) is 27.3 Å². The molecule has 0 aliphatic rings.